The van der Waals surface area contributed by atoms with E-state index in [9.17, 15) is 9.59 Å². The summed E-state index contributed by atoms with van der Waals surface area (Å²) >= 11 is 0. The van der Waals surface area contributed by atoms with Crippen LogP contribution in [0.3, 0.4) is 0 Å². The topological polar surface area (TPSA) is 82.1 Å². The molecule has 0 aromatic heterocycles. The van der Waals surface area contributed by atoms with Crippen LogP contribution in [0.25, 0.3) is 0 Å². The van der Waals surface area contributed by atoms with Crippen molar-refractivity contribution in [3.05, 3.63) is 61.1 Å². The van der Waals surface area contributed by atoms with Gasteiger partial charge in [-0.3, -0.25) is 0 Å². The molecular weight excluding hydrogens is 288 g/mol. The minimum absolute atomic E-state index is 0.0704. The van der Waals surface area contributed by atoms with Gasteiger partial charge in [0, 0.05) is 0 Å². The lowest BCUT2D eigenvalue weighted by Crippen LogP contribution is -2.38. The van der Waals surface area contributed by atoms with E-state index in [1.165, 1.54) is 24.3 Å². The molecule has 0 saturated heterocycles. The van der Waals surface area contributed by atoms with Gasteiger partial charge in [-0.15, -0.1) is 0 Å². The number of hydrogen-bond acceptors (Lipinski definition) is 5. The summed E-state index contributed by atoms with van der Waals surface area (Å²) < 4.78 is 15.7. The highest BCUT2D eigenvalue weighted by Crippen LogP contribution is 2.24. The second-order valence-corrected chi connectivity index (χ2v) is 4.27. The van der Waals surface area contributed by atoms with Crippen LogP contribution in [-0.2, 0) is 14.2 Å². The van der Waals surface area contributed by atoms with Crippen molar-refractivity contribution in [3.63, 3.8) is 0 Å². The molecule has 0 amide bonds. The first-order chi connectivity index (χ1) is 10.5. The molecule has 0 aliphatic rings. The molecule has 118 valence electrons. The molecule has 0 fully saturated rings. The zero-order valence-electron chi connectivity index (χ0n) is 12.3. The number of benzene rings is 1. The van der Waals surface area contributed by atoms with E-state index in [0.717, 1.165) is 12.5 Å². The second-order valence-electron chi connectivity index (χ2n) is 4.27. The Morgan fingerprint density at radius 3 is 2.05 bits per heavy atom. The number of carboxylic acid groups (broad SMARTS) is 1. The third kappa shape index (κ3) is 4.37. The van der Waals surface area contributed by atoms with Gasteiger partial charge in [0.2, 0.25) is 0 Å². The number of carbonyl (C=O) groups is 2. The van der Waals surface area contributed by atoms with Gasteiger partial charge in [0.05, 0.1) is 30.1 Å². The number of aromatic carboxylic acids is 1. The maximum Gasteiger partial charge on any atom is 0.418 e. The van der Waals surface area contributed by atoms with Crippen molar-refractivity contribution in [2.75, 3.05) is 0 Å². The first-order valence-electron chi connectivity index (χ1n) is 6.62. The first kappa shape index (κ1) is 17.3. The summed E-state index contributed by atoms with van der Waals surface area (Å²) in [4.78, 5) is 23.0. The Balaban J connectivity index is 2.95. The molecule has 1 rings (SSSR count). The smallest absolute Gasteiger partial charge is 0.418 e. The van der Waals surface area contributed by atoms with E-state index in [4.69, 9.17) is 19.3 Å². The van der Waals surface area contributed by atoms with E-state index >= 15 is 0 Å². The van der Waals surface area contributed by atoms with Crippen molar-refractivity contribution >= 4 is 11.9 Å². The Bertz CT molecular complexity index is 536. The molecule has 6 nitrogen and oxygen atoms in total. The van der Waals surface area contributed by atoms with E-state index in [1.807, 2.05) is 6.92 Å². The third-order valence-corrected chi connectivity index (χ3v) is 2.70. The Morgan fingerprint density at radius 2 is 1.64 bits per heavy atom. The molecule has 0 unspecified atom stereocenters. The van der Waals surface area contributed by atoms with Crippen LogP contribution in [0, 0.1) is 0 Å². The van der Waals surface area contributed by atoms with Crippen LogP contribution in [0.1, 0.15) is 40.5 Å². The Morgan fingerprint density at radius 1 is 1.14 bits per heavy atom. The van der Waals surface area contributed by atoms with Gasteiger partial charge in [-0.25, -0.2) is 9.59 Å². The third-order valence-electron chi connectivity index (χ3n) is 2.70. The van der Waals surface area contributed by atoms with Crippen molar-refractivity contribution in [2.45, 2.75) is 25.7 Å². The fourth-order valence-corrected chi connectivity index (χ4v) is 1.75. The predicted octanol–water partition coefficient (Wildman–Crippen LogP) is 3.32. The van der Waals surface area contributed by atoms with Crippen molar-refractivity contribution in [3.8, 4) is 0 Å². The monoisotopic (exact) mass is 306 g/mol. The molecule has 0 saturated carbocycles. The summed E-state index contributed by atoms with van der Waals surface area (Å²) in [7, 11) is 0. The van der Waals surface area contributed by atoms with Crippen LogP contribution < -0.4 is 0 Å². The summed E-state index contributed by atoms with van der Waals surface area (Å²) in [5.74, 6) is -3.43. The summed E-state index contributed by atoms with van der Waals surface area (Å²) in [6.07, 6.45) is 3.11. The van der Waals surface area contributed by atoms with Crippen LogP contribution in [-0.4, -0.2) is 23.0 Å². The van der Waals surface area contributed by atoms with E-state index in [2.05, 4.69) is 13.2 Å². The van der Waals surface area contributed by atoms with Crippen LogP contribution >= 0.6 is 0 Å². The Labute approximate surface area is 128 Å². The van der Waals surface area contributed by atoms with E-state index in [-0.39, 0.29) is 17.5 Å². The quantitative estimate of drug-likeness (QED) is 0.428. The number of carbonyl (C=O) groups excluding carboxylic acids is 1. The minimum Gasteiger partial charge on any atom is -0.478 e. The zero-order valence-corrected chi connectivity index (χ0v) is 12.3. The van der Waals surface area contributed by atoms with Crippen LogP contribution in [0.15, 0.2) is 49.9 Å². The van der Waals surface area contributed by atoms with E-state index < -0.39 is 17.9 Å². The summed E-state index contributed by atoms with van der Waals surface area (Å²) in [6, 6.07) is 5.32. The van der Waals surface area contributed by atoms with E-state index in [1.54, 1.807) is 0 Å². The number of esters is 1. The highest BCUT2D eigenvalue weighted by molar-refractivity contribution is 5.92. The number of ether oxygens (including phenoxy) is 3. The average molecular weight is 306 g/mol. The normalized spacial score (nSPS) is 10.4. The lowest BCUT2D eigenvalue weighted by molar-refractivity contribution is -0.314. The molecule has 1 aromatic rings. The van der Waals surface area contributed by atoms with Gasteiger partial charge in [0.1, 0.15) is 0 Å². The van der Waals surface area contributed by atoms with Crippen molar-refractivity contribution in [1.29, 1.82) is 0 Å². The molecular formula is C16H18O6. The molecule has 0 spiro atoms. The van der Waals surface area contributed by atoms with Gasteiger partial charge in [-0.2, -0.15) is 0 Å². The lowest BCUT2D eigenvalue weighted by atomic mass is 10.1. The molecule has 6 heteroatoms. The van der Waals surface area contributed by atoms with Gasteiger partial charge >= 0.3 is 17.9 Å². The molecule has 0 bridgehead atoms. The van der Waals surface area contributed by atoms with Crippen molar-refractivity contribution < 1.29 is 28.9 Å². The maximum atomic E-state index is 12.2. The predicted molar refractivity (Wildman–Crippen MR) is 79.0 cm³/mol. The lowest BCUT2D eigenvalue weighted by Gasteiger charge is -2.30. The Hall–Kier alpha value is -2.76. The highest BCUT2D eigenvalue weighted by Gasteiger charge is 2.37. The molecule has 0 radical (unpaired) electrons. The number of rotatable bonds is 9. The molecule has 0 aliphatic heterocycles. The number of hydrogen-bond donors (Lipinski definition) is 1. The molecule has 1 aromatic carbocycles. The molecule has 0 heterocycles. The highest BCUT2D eigenvalue weighted by atomic mass is 16.9. The summed E-state index contributed by atoms with van der Waals surface area (Å²) in [6.45, 7) is 8.72. The second kappa shape index (κ2) is 7.87. The van der Waals surface area contributed by atoms with Gasteiger partial charge in [-0.1, -0.05) is 20.1 Å². The zero-order chi connectivity index (χ0) is 16.6. The average Bonchev–Trinajstić information content (AvgIpc) is 2.48. The van der Waals surface area contributed by atoms with Gasteiger partial charge in [-0.05, 0) is 30.7 Å². The maximum absolute atomic E-state index is 12.2. The minimum atomic E-state index is -1.64. The number of carboxylic acids is 1. The van der Waals surface area contributed by atoms with Gasteiger partial charge in [0.15, 0.2) is 0 Å². The van der Waals surface area contributed by atoms with Crippen LogP contribution in [0.5, 0.6) is 0 Å². The Kier molecular flexibility index (Phi) is 6.19. The SMILES string of the molecule is C=COC(CCC)(OC=C)OC(=O)c1ccc(C(=O)O)cc1. The standard InChI is InChI=1S/C16H18O6/c1-4-11-16(20-5-2,21-6-3)22-15(19)13-9-7-12(8-10-13)14(17)18/h5-10H,2-4,11H2,1H3,(H,17,18). The van der Waals surface area contributed by atoms with Crippen molar-refractivity contribution in [1.82, 2.24) is 0 Å². The van der Waals surface area contributed by atoms with Crippen LogP contribution in [0.2, 0.25) is 0 Å². The fourth-order valence-electron chi connectivity index (χ4n) is 1.75. The van der Waals surface area contributed by atoms with Crippen LogP contribution in [0.4, 0.5) is 0 Å². The first-order valence-corrected chi connectivity index (χ1v) is 6.62. The molecule has 0 atom stereocenters. The van der Waals surface area contributed by atoms with Crippen molar-refractivity contribution in [2.24, 2.45) is 0 Å². The molecule has 1 N–H and O–H groups in total. The largest absolute Gasteiger partial charge is 0.478 e. The van der Waals surface area contributed by atoms with Gasteiger partial charge in [0.25, 0.3) is 0 Å². The summed E-state index contributed by atoms with van der Waals surface area (Å²) in [5, 5.41) is 8.83. The van der Waals surface area contributed by atoms with Gasteiger partial charge < -0.3 is 19.3 Å². The molecule has 22 heavy (non-hydrogen) atoms. The molecule has 0 aliphatic carbocycles. The van der Waals surface area contributed by atoms with E-state index in [0.29, 0.717) is 6.42 Å². The fraction of sp³-hybridized carbons (Fsp3) is 0.250. The summed E-state index contributed by atoms with van der Waals surface area (Å²) in [5.41, 5.74) is 0.242.